The normalized spacial score (nSPS) is 10.2. The third-order valence-electron chi connectivity index (χ3n) is 2.17. The molecule has 2 aromatic rings. The summed E-state index contributed by atoms with van der Waals surface area (Å²) in [7, 11) is 0. The molecule has 0 aliphatic carbocycles. The van der Waals surface area contributed by atoms with E-state index in [1.165, 1.54) is 11.3 Å². The zero-order valence-electron chi connectivity index (χ0n) is 8.81. The van der Waals surface area contributed by atoms with E-state index in [4.69, 9.17) is 5.73 Å². The number of carbonyl (C=O) groups excluding carboxylic acids is 1. The number of nitrogens with zero attached hydrogens (tertiary/aromatic N) is 1. The van der Waals surface area contributed by atoms with E-state index in [0.717, 1.165) is 10.2 Å². The molecule has 1 aromatic heterocycles. The zero-order chi connectivity index (χ0) is 12.3. The van der Waals surface area contributed by atoms with Gasteiger partial charge in [0.1, 0.15) is 0 Å². The lowest BCUT2D eigenvalue weighted by atomic mass is 10.2. The highest BCUT2D eigenvalue weighted by molar-refractivity contribution is 9.10. The maximum absolute atomic E-state index is 11.8. The van der Waals surface area contributed by atoms with E-state index in [0.29, 0.717) is 17.8 Å². The maximum Gasteiger partial charge on any atom is 0.251 e. The summed E-state index contributed by atoms with van der Waals surface area (Å²) >= 11 is 4.79. The molecule has 0 unspecified atom stereocenters. The van der Waals surface area contributed by atoms with Gasteiger partial charge in [0.2, 0.25) is 0 Å². The lowest BCUT2D eigenvalue weighted by Crippen LogP contribution is -2.23. The number of rotatable bonds is 3. The van der Waals surface area contributed by atoms with Gasteiger partial charge in [-0.2, -0.15) is 0 Å². The molecule has 88 valence electrons. The molecule has 6 heteroatoms. The second-order valence-corrected chi connectivity index (χ2v) is 4.97. The van der Waals surface area contributed by atoms with Gasteiger partial charge in [-0.1, -0.05) is 0 Å². The highest BCUT2D eigenvalue weighted by Crippen LogP contribution is 2.20. The van der Waals surface area contributed by atoms with Crippen molar-refractivity contribution >= 4 is 38.9 Å². The van der Waals surface area contributed by atoms with Crippen LogP contribution in [0.5, 0.6) is 0 Å². The number of amides is 1. The molecule has 1 amide bonds. The fourth-order valence-corrected chi connectivity index (χ4v) is 2.09. The smallest absolute Gasteiger partial charge is 0.251 e. The van der Waals surface area contributed by atoms with Crippen molar-refractivity contribution < 1.29 is 4.79 Å². The number of nitrogen functional groups attached to an aromatic ring is 1. The van der Waals surface area contributed by atoms with Crippen molar-refractivity contribution in [3.8, 4) is 0 Å². The van der Waals surface area contributed by atoms with Gasteiger partial charge in [0, 0.05) is 21.1 Å². The van der Waals surface area contributed by atoms with Gasteiger partial charge < -0.3 is 11.1 Å². The molecule has 0 spiro atoms. The minimum absolute atomic E-state index is 0.155. The second-order valence-electron chi connectivity index (χ2n) is 3.40. The zero-order valence-corrected chi connectivity index (χ0v) is 11.2. The van der Waals surface area contributed by atoms with E-state index in [2.05, 4.69) is 26.2 Å². The average molecular weight is 312 g/mol. The van der Waals surface area contributed by atoms with E-state index in [1.807, 2.05) is 5.38 Å². The van der Waals surface area contributed by atoms with Crippen LogP contribution in [0.2, 0.25) is 0 Å². The Bertz CT molecular complexity index is 528. The van der Waals surface area contributed by atoms with Gasteiger partial charge in [-0.15, -0.1) is 11.3 Å². The number of nitrogens with two attached hydrogens (primary N) is 1. The minimum Gasteiger partial charge on any atom is -0.398 e. The number of nitrogens with one attached hydrogen (secondary N) is 1. The molecular formula is C11H10BrN3OS. The lowest BCUT2D eigenvalue weighted by Gasteiger charge is -2.05. The summed E-state index contributed by atoms with van der Waals surface area (Å²) in [6.07, 6.45) is 0. The number of aromatic nitrogens is 1. The number of halogens is 1. The molecule has 0 saturated heterocycles. The van der Waals surface area contributed by atoms with Crippen LogP contribution in [0.3, 0.4) is 0 Å². The SMILES string of the molecule is Nc1cc(C(=O)NCc2cscn2)ccc1Br. The van der Waals surface area contributed by atoms with Crippen LogP contribution < -0.4 is 11.1 Å². The molecule has 0 fully saturated rings. The van der Waals surface area contributed by atoms with Gasteiger partial charge in [0.15, 0.2) is 0 Å². The van der Waals surface area contributed by atoms with Crippen LogP contribution in [0.15, 0.2) is 33.6 Å². The molecule has 3 N–H and O–H groups in total. The number of benzene rings is 1. The molecule has 0 radical (unpaired) electrons. The van der Waals surface area contributed by atoms with Crippen LogP contribution in [-0.4, -0.2) is 10.9 Å². The average Bonchev–Trinajstić information content (AvgIpc) is 2.82. The number of carbonyl (C=O) groups is 1. The van der Waals surface area contributed by atoms with E-state index >= 15 is 0 Å². The highest BCUT2D eigenvalue weighted by atomic mass is 79.9. The first-order valence-corrected chi connectivity index (χ1v) is 6.60. The largest absolute Gasteiger partial charge is 0.398 e. The first kappa shape index (κ1) is 12.1. The molecule has 0 aliphatic heterocycles. The summed E-state index contributed by atoms with van der Waals surface area (Å²) in [5.74, 6) is -0.155. The van der Waals surface area contributed by atoms with Gasteiger partial charge in [-0.25, -0.2) is 4.98 Å². The number of anilines is 1. The van der Waals surface area contributed by atoms with Crippen LogP contribution in [0.1, 0.15) is 16.1 Å². The Labute approximate surface area is 111 Å². The van der Waals surface area contributed by atoms with Crippen LogP contribution in [0, 0.1) is 0 Å². The Kier molecular flexibility index (Phi) is 3.75. The van der Waals surface area contributed by atoms with Gasteiger partial charge in [-0.05, 0) is 34.1 Å². The summed E-state index contributed by atoms with van der Waals surface area (Å²) in [4.78, 5) is 15.9. The molecule has 0 saturated carbocycles. The number of hydrogen-bond donors (Lipinski definition) is 2. The predicted octanol–water partition coefficient (Wildman–Crippen LogP) is 2.42. The Morgan fingerprint density at radius 3 is 3.00 bits per heavy atom. The maximum atomic E-state index is 11.8. The molecule has 0 aliphatic rings. The molecule has 0 bridgehead atoms. The van der Waals surface area contributed by atoms with E-state index < -0.39 is 0 Å². The van der Waals surface area contributed by atoms with Crippen molar-refractivity contribution in [2.24, 2.45) is 0 Å². The predicted molar refractivity (Wildman–Crippen MR) is 71.8 cm³/mol. The third kappa shape index (κ3) is 3.04. The lowest BCUT2D eigenvalue weighted by molar-refractivity contribution is 0.0950. The van der Waals surface area contributed by atoms with Gasteiger partial charge in [-0.3, -0.25) is 4.79 Å². The fraction of sp³-hybridized carbons (Fsp3) is 0.0909. The van der Waals surface area contributed by atoms with Gasteiger partial charge in [0.05, 0.1) is 17.7 Å². The quantitative estimate of drug-likeness (QED) is 0.855. The first-order valence-electron chi connectivity index (χ1n) is 4.87. The van der Waals surface area contributed by atoms with Crippen molar-refractivity contribution in [1.29, 1.82) is 0 Å². The van der Waals surface area contributed by atoms with E-state index in [9.17, 15) is 4.79 Å². The van der Waals surface area contributed by atoms with Crippen LogP contribution in [0.25, 0.3) is 0 Å². The van der Waals surface area contributed by atoms with Gasteiger partial charge >= 0.3 is 0 Å². The number of hydrogen-bond acceptors (Lipinski definition) is 4. The Hall–Kier alpha value is -1.40. The summed E-state index contributed by atoms with van der Waals surface area (Å²) in [6.45, 7) is 0.429. The summed E-state index contributed by atoms with van der Waals surface area (Å²) in [6, 6.07) is 5.12. The molecule has 17 heavy (non-hydrogen) atoms. The monoisotopic (exact) mass is 311 g/mol. The van der Waals surface area contributed by atoms with Gasteiger partial charge in [0.25, 0.3) is 5.91 Å². The standard InChI is InChI=1S/C11H10BrN3OS/c12-9-2-1-7(3-10(9)13)11(16)14-4-8-5-17-6-15-8/h1-3,5-6H,4,13H2,(H,14,16). The molecular weight excluding hydrogens is 302 g/mol. The molecule has 1 aromatic carbocycles. The molecule has 2 rings (SSSR count). The summed E-state index contributed by atoms with van der Waals surface area (Å²) in [5, 5.41) is 4.68. The van der Waals surface area contributed by atoms with Crippen LogP contribution >= 0.6 is 27.3 Å². The fourth-order valence-electron chi connectivity index (χ4n) is 1.28. The van der Waals surface area contributed by atoms with Crippen molar-refractivity contribution in [2.45, 2.75) is 6.54 Å². The minimum atomic E-state index is -0.155. The number of thiazole rings is 1. The van der Waals surface area contributed by atoms with E-state index in [-0.39, 0.29) is 5.91 Å². The Morgan fingerprint density at radius 2 is 2.35 bits per heavy atom. The summed E-state index contributed by atoms with van der Waals surface area (Å²) in [5.41, 5.74) is 9.39. The second kappa shape index (κ2) is 5.29. The Balaban J connectivity index is 2.02. The van der Waals surface area contributed by atoms with Crippen molar-refractivity contribution in [3.05, 3.63) is 44.8 Å². The Morgan fingerprint density at radius 1 is 1.53 bits per heavy atom. The summed E-state index contributed by atoms with van der Waals surface area (Å²) < 4.78 is 0.786. The third-order valence-corrected chi connectivity index (χ3v) is 3.53. The van der Waals surface area contributed by atoms with Crippen LogP contribution in [-0.2, 0) is 6.54 Å². The first-order chi connectivity index (χ1) is 8.16. The molecule has 4 nitrogen and oxygen atoms in total. The highest BCUT2D eigenvalue weighted by Gasteiger charge is 2.07. The van der Waals surface area contributed by atoms with Crippen molar-refractivity contribution in [1.82, 2.24) is 10.3 Å². The van der Waals surface area contributed by atoms with Crippen molar-refractivity contribution in [3.63, 3.8) is 0 Å². The molecule has 1 heterocycles. The van der Waals surface area contributed by atoms with Crippen molar-refractivity contribution in [2.75, 3.05) is 5.73 Å². The topological polar surface area (TPSA) is 68.0 Å². The van der Waals surface area contributed by atoms with Crippen LogP contribution in [0.4, 0.5) is 5.69 Å². The van der Waals surface area contributed by atoms with E-state index in [1.54, 1.807) is 23.7 Å². The molecule has 0 atom stereocenters.